The first-order valence-corrected chi connectivity index (χ1v) is 7.58. The van der Waals surface area contributed by atoms with Crippen LogP contribution in [0.3, 0.4) is 0 Å². The lowest BCUT2D eigenvalue weighted by atomic mass is 9.86. The van der Waals surface area contributed by atoms with Gasteiger partial charge in [0.25, 0.3) is 0 Å². The van der Waals surface area contributed by atoms with Crippen molar-refractivity contribution in [2.75, 3.05) is 0 Å². The van der Waals surface area contributed by atoms with E-state index in [0.29, 0.717) is 0 Å². The Balaban J connectivity index is 1.97. The first-order valence-electron chi connectivity index (χ1n) is 7.58. The number of benzene rings is 2. The van der Waals surface area contributed by atoms with Gasteiger partial charge in [-0.15, -0.1) is 0 Å². The number of hydrogen-bond donors (Lipinski definition) is 0. The minimum absolute atomic E-state index is 0.201. The van der Waals surface area contributed by atoms with Crippen LogP contribution >= 0.6 is 0 Å². The minimum atomic E-state index is 0.201. The molecule has 108 valence electrons. The highest BCUT2D eigenvalue weighted by atomic mass is 14.9. The molecule has 1 nitrogen and oxygen atoms in total. The van der Waals surface area contributed by atoms with Crippen molar-refractivity contribution < 1.29 is 0 Å². The zero-order valence-corrected chi connectivity index (χ0v) is 13.4. The third-order valence-corrected chi connectivity index (χ3v) is 4.07. The molecule has 0 aliphatic carbocycles. The molecular formula is C20H23N. The van der Waals surface area contributed by atoms with Crippen LogP contribution in [0, 0.1) is 6.92 Å². The summed E-state index contributed by atoms with van der Waals surface area (Å²) < 4.78 is 2.33. The summed E-state index contributed by atoms with van der Waals surface area (Å²) in [6, 6.07) is 17.8. The lowest BCUT2D eigenvalue weighted by Crippen LogP contribution is -2.10. The second kappa shape index (κ2) is 5.07. The maximum atomic E-state index is 2.33. The number of rotatable bonds is 2. The number of aromatic nitrogens is 1. The Hall–Kier alpha value is -2.02. The summed E-state index contributed by atoms with van der Waals surface area (Å²) in [6.45, 7) is 9.86. The molecule has 21 heavy (non-hydrogen) atoms. The molecule has 0 N–H and O–H groups in total. The summed E-state index contributed by atoms with van der Waals surface area (Å²) in [6.07, 6.45) is 2.19. The van der Waals surface area contributed by atoms with Gasteiger partial charge in [0, 0.05) is 18.3 Å². The van der Waals surface area contributed by atoms with Crippen LogP contribution < -0.4 is 0 Å². The van der Waals surface area contributed by atoms with E-state index in [0.717, 1.165) is 6.54 Å². The summed E-state index contributed by atoms with van der Waals surface area (Å²) in [5.41, 5.74) is 5.58. The third-order valence-electron chi connectivity index (χ3n) is 4.07. The first-order chi connectivity index (χ1) is 9.93. The van der Waals surface area contributed by atoms with Gasteiger partial charge in [-0.25, -0.2) is 0 Å². The molecule has 0 atom stereocenters. The molecule has 0 fully saturated rings. The lowest BCUT2D eigenvalue weighted by molar-refractivity contribution is 0.591. The molecule has 0 aliphatic heterocycles. The molecule has 2 aromatic carbocycles. The zero-order valence-electron chi connectivity index (χ0n) is 13.4. The molecule has 3 rings (SSSR count). The fraction of sp³-hybridized carbons (Fsp3) is 0.300. The van der Waals surface area contributed by atoms with Gasteiger partial charge in [0.1, 0.15) is 0 Å². The van der Waals surface area contributed by atoms with Gasteiger partial charge in [-0.1, -0.05) is 56.7 Å². The predicted molar refractivity (Wildman–Crippen MR) is 90.9 cm³/mol. The second-order valence-corrected chi connectivity index (χ2v) is 6.96. The molecule has 0 unspecified atom stereocenters. The Labute approximate surface area is 127 Å². The van der Waals surface area contributed by atoms with Crippen LogP contribution in [0.15, 0.2) is 54.7 Å². The maximum absolute atomic E-state index is 2.33. The van der Waals surface area contributed by atoms with Gasteiger partial charge in [0.05, 0.1) is 0 Å². The SMILES string of the molecule is Cc1cccc(Cn2ccc3cc(C(C)(C)C)ccc32)c1. The van der Waals surface area contributed by atoms with Crippen molar-refractivity contribution in [2.24, 2.45) is 0 Å². The van der Waals surface area contributed by atoms with E-state index in [1.165, 1.54) is 27.6 Å². The molecule has 0 spiro atoms. The van der Waals surface area contributed by atoms with Crippen LogP contribution in [0.25, 0.3) is 10.9 Å². The van der Waals surface area contributed by atoms with Crippen molar-refractivity contribution in [2.45, 2.75) is 39.7 Å². The molecule has 0 radical (unpaired) electrons. The maximum Gasteiger partial charge on any atom is 0.0483 e. The summed E-state index contributed by atoms with van der Waals surface area (Å²) in [7, 11) is 0. The summed E-state index contributed by atoms with van der Waals surface area (Å²) in [4.78, 5) is 0. The zero-order chi connectivity index (χ0) is 15.0. The van der Waals surface area contributed by atoms with Crippen molar-refractivity contribution >= 4 is 10.9 Å². The molecule has 0 saturated heterocycles. The first kappa shape index (κ1) is 13.9. The fourth-order valence-corrected chi connectivity index (χ4v) is 2.81. The van der Waals surface area contributed by atoms with Crippen LogP contribution in [-0.2, 0) is 12.0 Å². The van der Waals surface area contributed by atoms with Gasteiger partial charge >= 0.3 is 0 Å². The number of fused-ring (bicyclic) bond motifs is 1. The van der Waals surface area contributed by atoms with E-state index in [1.807, 2.05) is 0 Å². The van der Waals surface area contributed by atoms with Crippen molar-refractivity contribution in [3.05, 3.63) is 71.4 Å². The molecule has 1 heteroatoms. The minimum Gasteiger partial charge on any atom is -0.343 e. The summed E-state index contributed by atoms with van der Waals surface area (Å²) in [5.74, 6) is 0. The predicted octanol–water partition coefficient (Wildman–Crippen LogP) is 5.30. The number of hydrogen-bond acceptors (Lipinski definition) is 0. The molecule has 0 saturated carbocycles. The van der Waals surface area contributed by atoms with Gasteiger partial charge in [0.15, 0.2) is 0 Å². The molecule has 1 aromatic heterocycles. The van der Waals surface area contributed by atoms with Gasteiger partial charge in [0.2, 0.25) is 0 Å². The Morgan fingerprint density at radius 2 is 1.76 bits per heavy atom. The van der Waals surface area contributed by atoms with E-state index in [1.54, 1.807) is 0 Å². The van der Waals surface area contributed by atoms with E-state index in [2.05, 4.69) is 87.0 Å². The number of nitrogens with zero attached hydrogens (tertiary/aromatic N) is 1. The largest absolute Gasteiger partial charge is 0.343 e. The molecular weight excluding hydrogens is 254 g/mol. The Morgan fingerprint density at radius 1 is 0.952 bits per heavy atom. The monoisotopic (exact) mass is 277 g/mol. The van der Waals surface area contributed by atoms with Gasteiger partial charge < -0.3 is 4.57 Å². The van der Waals surface area contributed by atoms with Crippen molar-refractivity contribution in [3.63, 3.8) is 0 Å². The number of aryl methyl sites for hydroxylation is 1. The van der Waals surface area contributed by atoms with E-state index in [9.17, 15) is 0 Å². The quantitative estimate of drug-likeness (QED) is 0.599. The fourth-order valence-electron chi connectivity index (χ4n) is 2.81. The van der Waals surface area contributed by atoms with Crippen molar-refractivity contribution in [1.82, 2.24) is 4.57 Å². The van der Waals surface area contributed by atoms with Crippen molar-refractivity contribution in [3.8, 4) is 0 Å². The smallest absolute Gasteiger partial charge is 0.0483 e. The van der Waals surface area contributed by atoms with E-state index >= 15 is 0 Å². The lowest BCUT2D eigenvalue weighted by Gasteiger charge is -2.19. The van der Waals surface area contributed by atoms with Crippen LogP contribution in [-0.4, -0.2) is 4.57 Å². The van der Waals surface area contributed by atoms with E-state index in [4.69, 9.17) is 0 Å². The highest BCUT2D eigenvalue weighted by Gasteiger charge is 2.14. The molecule has 0 aliphatic rings. The highest BCUT2D eigenvalue weighted by Crippen LogP contribution is 2.27. The van der Waals surface area contributed by atoms with Gasteiger partial charge in [-0.05, 0) is 47.1 Å². The van der Waals surface area contributed by atoms with Gasteiger partial charge in [-0.3, -0.25) is 0 Å². The molecule has 0 bridgehead atoms. The standard InChI is InChI=1S/C20H23N/c1-15-6-5-7-16(12-15)14-21-11-10-17-13-18(20(2,3)4)8-9-19(17)21/h5-13H,14H2,1-4H3. The van der Waals surface area contributed by atoms with Crippen LogP contribution in [0.2, 0.25) is 0 Å². The van der Waals surface area contributed by atoms with E-state index in [-0.39, 0.29) is 5.41 Å². The molecule has 0 amide bonds. The van der Waals surface area contributed by atoms with Crippen molar-refractivity contribution in [1.29, 1.82) is 0 Å². The summed E-state index contributed by atoms with van der Waals surface area (Å²) >= 11 is 0. The Morgan fingerprint density at radius 3 is 2.48 bits per heavy atom. The van der Waals surface area contributed by atoms with Crippen LogP contribution in [0.4, 0.5) is 0 Å². The summed E-state index contributed by atoms with van der Waals surface area (Å²) in [5, 5.41) is 1.33. The van der Waals surface area contributed by atoms with Crippen LogP contribution in [0.5, 0.6) is 0 Å². The highest BCUT2D eigenvalue weighted by molar-refractivity contribution is 5.81. The Kier molecular flexibility index (Phi) is 3.36. The normalized spacial score (nSPS) is 12.0. The molecule has 1 heterocycles. The second-order valence-electron chi connectivity index (χ2n) is 6.96. The molecule has 3 aromatic rings. The third kappa shape index (κ3) is 2.87. The van der Waals surface area contributed by atoms with Crippen LogP contribution in [0.1, 0.15) is 37.5 Å². The average molecular weight is 277 g/mol. The van der Waals surface area contributed by atoms with E-state index < -0.39 is 0 Å². The average Bonchev–Trinajstić information content (AvgIpc) is 2.80. The Bertz CT molecular complexity index is 772. The van der Waals surface area contributed by atoms with Gasteiger partial charge in [-0.2, -0.15) is 0 Å². The topological polar surface area (TPSA) is 4.93 Å².